The lowest BCUT2D eigenvalue weighted by atomic mass is 9.94. The lowest BCUT2D eigenvalue weighted by Crippen LogP contribution is -2.51. The third-order valence-electron chi connectivity index (χ3n) is 3.76. The first kappa shape index (κ1) is 15.8. The van der Waals surface area contributed by atoms with Gasteiger partial charge < -0.3 is 10.6 Å². The second kappa shape index (κ2) is 6.05. The Bertz CT molecular complexity index is 504. The lowest BCUT2D eigenvalue weighted by molar-refractivity contribution is -0.180. The number of nitrogens with one attached hydrogen (secondary N) is 2. The molecule has 0 aliphatic carbocycles. The van der Waals surface area contributed by atoms with Gasteiger partial charge in [-0.1, -0.05) is 0 Å². The molecule has 1 saturated heterocycles. The molecule has 2 unspecified atom stereocenters. The normalized spacial score (nSPS) is 23.1. The molecule has 2 atom stereocenters. The zero-order chi connectivity index (χ0) is 15.6. The summed E-state index contributed by atoms with van der Waals surface area (Å²) in [5, 5.41) is 9.58. The van der Waals surface area contributed by atoms with Crippen LogP contribution in [-0.2, 0) is 18.4 Å². The largest absolute Gasteiger partial charge is 0.393 e. The van der Waals surface area contributed by atoms with Crippen molar-refractivity contribution < 1.29 is 18.0 Å². The average molecular weight is 304 g/mol. The maximum absolute atomic E-state index is 12.5. The van der Waals surface area contributed by atoms with Crippen molar-refractivity contribution in [1.82, 2.24) is 20.4 Å². The highest BCUT2D eigenvalue weighted by atomic mass is 19.4. The predicted octanol–water partition coefficient (Wildman–Crippen LogP) is 1.28. The van der Waals surface area contributed by atoms with E-state index in [1.54, 1.807) is 11.7 Å². The van der Waals surface area contributed by atoms with Gasteiger partial charge in [0, 0.05) is 31.9 Å². The van der Waals surface area contributed by atoms with E-state index in [2.05, 4.69) is 15.7 Å². The summed E-state index contributed by atoms with van der Waals surface area (Å²) >= 11 is 0. The Morgan fingerprint density at radius 1 is 1.52 bits per heavy atom. The summed E-state index contributed by atoms with van der Waals surface area (Å²) in [5.74, 6) is -1.62. The Morgan fingerprint density at radius 2 is 2.24 bits per heavy atom. The van der Waals surface area contributed by atoms with Crippen LogP contribution >= 0.6 is 0 Å². The minimum absolute atomic E-state index is 0.0134. The lowest BCUT2D eigenvalue weighted by Gasteiger charge is -2.30. The first-order chi connectivity index (χ1) is 9.77. The molecule has 0 aromatic carbocycles. The van der Waals surface area contributed by atoms with Gasteiger partial charge in [-0.25, -0.2) is 0 Å². The summed E-state index contributed by atoms with van der Waals surface area (Å²) in [5.41, 5.74) is 1.72. The molecule has 1 aliphatic rings. The minimum Gasteiger partial charge on any atom is -0.351 e. The number of piperidine rings is 1. The van der Waals surface area contributed by atoms with Crippen molar-refractivity contribution in [3.8, 4) is 0 Å². The molecule has 1 aliphatic heterocycles. The van der Waals surface area contributed by atoms with Gasteiger partial charge in [0.15, 0.2) is 0 Å². The first-order valence-electron chi connectivity index (χ1n) is 6.84. The van der Waals surface area contributed by atoms with E-state index >= 15 is 0 Å². The smallest absolute Gasteiger partial charge is 0.351 e. The Labute approximate surface area is 120 Å². The molecule has 0 spiro atoms. The van der Waals surface area contributed by atoms with Crippen molar-refractivity contribution in [1.29, 1.82) is 0 Å². The first-order valence-corrected chi connectivity index (χ1v) is 6.84. The van der Waals surface area contributed by atoms with Crippen LogP contribution in [0.25, 0.3) is 0 Å². The third kappa shape index (κ3) is 3.96. The van der Waals surface area contributed by atoms with E-state index < -0.39 is 18.1 Å². The van der Waals surface area contributed by atoms with Gasteiger partial charge in [-0.05, 0) is 19.8 Å². The Hall–Kier alpha value is -1.57. The zero-order valence-corrected chi connectivity index (χ0v) is 12.0. The molecule has 0 bridgehead atoms. The van der Waals surface area contributed by atoms with E-state index in [1.165, 1.54) is 0 Å². The summed E-state index contributed by atoms with van der Waals surface area (Å²) in [7, 11) is 1.79. The number of rotatable bonds is 3. The topological polar surface area (TPSA) is 59.0 Å². The number of hydrogen-bond acceptors (Lipinski definition) is 3. The highest BCUT2D eigenvalue weighted by molar-refractivity contribution is 5.81. The predicted molar refractivity (Wildman–Crippen MR) is 70.4 cm³/mol. The number of carbonyl (C=O) groups excluding carboxylic acids is 1. The standard InChI is InChI=1S/C13H19F3N4O/c1-8-9(7-20(2)19-8)5-18-12(21)11-4-3-10(6-17-11)13(14,15)16/h7,10-11,17H,3-6H2,1-2H3,(H,18,21). The summed E-state index contributed by atoms with van der Waals surface area (Å²) in [6.07, 6.45) is -2.20. The van der Waals surface area contributed by atoms with E-state index in [0.717, 1.165) is 11.3 Å². The van der Waals surface area contributed by atoms with Crippen molar-refractivity contribution >= 4 is 5.91 Å². The van der Waals surface area contributed by atoms with Gasteiger partial charge in [0.05, 0.1) is 17.7 Å². The van der Waals surface area contributed by atoms with Gasteiger partial charge in [-0.3, -0.25) is 9.48 Å². The van der Waals surface area contributed by atoms with Crippen molar-refractivity contribution in [2.75, 3.05) is 6.54 Å². The van der Waals surface area contributed by atoms with Gasteiger partial charge in [0.2, 0.25) is 5.91 Å². The molecule has 5 nitrogen and oxygen atoms in total. The number of aryl methyl sites for hydroxylation is 2. The minimum atomic E-state index is -4.19. The number of halogens is 3. The van der Waals surface area contributed by atoms with Crippen LogP contribution in [0.4, 0.5) is 13.2 Å². The van der Waals surface area contributed by atoms with Crippen LogP contribution in [-0.4, -0.2) is 34.5 Å². The monoisotopic (exact) mass is 304 g/mol. The quantitative estimate of drug-likeness (QED) is 0.884. The Morgan fingerprint density at radius 3 is 2.71 bits per heavy atom. The molecule has 118 valence electrons. The molecule has 1 fully saturated rings. The van der Waals surface area contributed by atoms with E-state index in [1.807, 2.05) is 13.1 Å². The summed E-state index contributed by atoms with van der Waals surface area (Å²) in [4.78, 5) is 12.0. The van der Waals surface area contributed by atoms with Gasteiger partial charge in [0.1, 0.15) is 0 Å². The highest BCUT2D eigenvalue weighted by Gasteiger charge is 2.42. The van der Waals surface area contributed by atoms with Crippen molar-refractivity contribution in [3.63, 3.8) is 0 Å². The fourth-order valence-electron chi connectivity index (χ4n) is 2.49. The second-order valence-electron chi connectivity index (χ2n) is 5.41. The molecule has 2 rings (SSSR count). The van der Waals surface area contributed by atoms with E-state index in [0.29, 0.717) is 6.54 Å². The Balaban J connectivity index is 1.81. The van der Waals surface area contributed by atoms with Crippen molar-refractivity contribution in [2.45, 2.75) is 38.5 Å². The van der Waals surface area contributed by atoms with Gasteiger partial charge >= 0.3 is 6.18 Å². The number of carbonyl (C=O) groups is 1. The van der Waals surface area contributed by atoms with Crippen LogP contribution in [0.3, 0.4) is 0 Å². The number of hydrogen-bond donors (Lipinski definition) is 2. The SMILES string of the molecule is Cc1nn(C)cc1CNC(=O)C1CCC(C(F)(F)F)CN1. The van der Waals surface area contributed by atoms with Crippen molar-refractivity contribution in [3.05, 3.63) is 17.5 Å². The van der Waals surface area contributed by atoms with Crippen LogP contribution in [0.5, 0.6) is 0 Å². The maximum atomic E-state index is 12.5. The summed E-state index contributed by atoms with van der Waals surface area (Å²) in [6.45, 7) is 1.97. The second-order valence-corrected chi connectivity index (χ2v) is 5.41. The fourth-order valence-corrected chi connectivity index (χ4v) is 2.49. The highest BCUT2D eigenvalue weighted by Crippen LogP contribution is 2.31. The molecule has 1 amide bonds. The average Bonchev–Trinajstić information content (AvgIpc) is 2.73. The molecule has 1 aromatic rings. The van der Waals surface area contributed by atoms with Crippen LogP contribution in [0.15, 0.2) is 6.20 Å². The molecule has 8 heteroatoms. The zero-order valence-electron chi connectivity index (χ0n) is 12.0. The number of amides is 1. The fraction of sp³-hybridized carbons (Fsp3) is 0.692. The molecule has 0 radical (unpaired) electrons. The molecular weight excluding hydrogens is 285 g/mol. The van der Waals surface area contributed by atoms with Gasteiger partial charge in [-0.2, -0.15) is 18.3 Å². The van der Waals surface area contributed by atoms with Crippen LogP contribution in [0, 0.1) is 12.8 Å². The van der Waals surface area contributed by atoms with Gasteiger partial charge in [-0.15, -0.1) is 0 Å². The molecule has 1 aromatic heterocycles. The maximum Gasteiger partial charge on any atom is 0.393 e. The molecule has 2 N–H and O–H groups in total. The van der Waals surface area contributed by atoms with Crippen LogP contribution < -0.4 is 10.6 Å². The van der Waals surface area contributed by atoms with E-state index in [9.17, 15) is 18.0 Å². The molecule has 0 saturated carbocycles. The number of nitrogens with zero attached hydrogens (tertiary/aromatic N) is 2. The summed E-state index contributed by atoms with van der Waals surface area (Å²) < 4.78 is 39.3. The third-order valence-corrected chi connectivity index (χ3v) is 3.76. The molecule has 2 heterocycles. The Kier molecular flexibility index (Phi) is 4.55. The molecular formula is C13H19F3N4O. The number of alkyl halides is 3. The number of aromatic nitrogens is 2. The van der Waals surface area contributed by atoms with E-state index in [4.69, 9.17) is 0 Å². The van der Waals surface area contributed by atoms with Gasteiger partial charge in [0.25, 0.3) is 0 Å². The van der Waals surface area contributed by atoms with Crippen LogP contribution in [0.2, 0.25) is 0 Å². The van der Waals surface area contributed by atoms with Crippen LogP contribution in [0.1, 0.15) is 24.1 Å². The molecule has 21 heavy (non-hydrogen) atoms. The van der Waals surface area contributed by atoms with E-state index in [-0.39, 0.29) is 25.3 Å². The summed E-state index contributed by atoms with van der Waals surface area (Å²) in [6, 6.07) is -0.555. The van der Waals surface area contributed by atoms with Crippen molar-refractivity contribution in [2.24, 2.45) is 13.0 Å².